The van der Waals surface area contributed by atoms with Crippen molar-refractivity contribution in [2.75, 3.05) is 25.9 Å². The standard InChI is InChI=1S/C27H27Cl2N3O4S/c1-36-23(34)15-21(17-3-2-4-20(30)14-17)31-27(35)16-7-10-32(11-8-16)22(33)6-5-18-13-19-9-12-37-26(19)25(29)24(18)28/h2-6,9,12-14,16,21H,7-8,10-11,15,30H2,1H3,(H,31,35). The molecule has 37 heavy (non-hydrogen) atoms. The predicted octanol–water partition coefficient (Wildman–Crippen LogP) is 5.46. The maximum absolute atomic E-state index is 13.0. The molecule has 2 amide bonds. The molecular formula is C27H27Cl2N3O4S. The zero-order valence-corrected chi connectivity index (χ0v) is 22.5. The number of hydrogen-bond donors (Lipinski definition) is 2. The summed E-state index contributed by atoms with van der Waals surface area (Å²) in [7, 11) is 1.31. The van der Waals surface area contributed by atoms with E-state index in [2.05, 4.69) is 5.32 Å². The van der Waals surface area contributed by atoms with Gasteiger partial charge in [0.2, 0.25) is 11.8 Å². The van der Waals surface area contributed by atoms with Gasteiger partial charge in [-0.3, -0.25) is 14.4 Å². The number of thiophene rings is 1. The second-order valence-corrected chi connectivity index (χ2v) is 10.5. The summed E-state index contributed by atoms with van der Waals surface area (Å²) in [4.78, 5) is 39.5. The fourth-order valence-electron chi connectivity index (χ4n) is 4.39. The summed E-state index contributed by atoms with van der Waals surface area (Å²) < 4.78 is 5.72. The molecule has 7 nitrogen and oxygen atoms in total. The van der Waals surface area contributed by atoms with E-state index in [1.807, 2.05) is 23.6 Å². The van der Waals surface area contributed by atoms with Crippen molar-refractivity contribution in [2.45, 2.75) is 25.3 Å². The molecule has 1 aliphatic heterocycles. The van der Waals surface area contributed by atoms with Gasteiger partial charge in [0.15, 0.2) is 0 Å². The quantitative estimate of drug-likeness (QED) is 0.227. The predicted molar refractivity (Wildman–Crippen MR) is 149 cm³/mol. The number of ether oxygens (including phenoxy) is 1. The summed E-state index contributed by atoms with van der Waals surface area (Å²) >= 11 is 14.3. The first kappa shape index (κ1) is 27.0. The number of carbonyl (C=O) groups excluding carboxylic acids is 3. The number of amides is 2. The van der Waals surface area contributed by atoms with Crippen LogP contribution in [-0.4, -0.2) is 42.9 Å². The van der Waals surface area contributed by atoms with E-state index < -0.39 is 12.0 Å². The van der Waals surface area contributed by atoms with Gasteiger partial charge >= 0.3 is 5.97 Å². The number of anilines is 1. The zero-order valence-electron chi connectivity index (χ0n) is 20.2. The van der Waals surface area contributed by atoms with Crippen molar-refractivity contribution in [1.82, 2.24) is 10.2 Å². The SMILES string of the molecule is COC(=O)CC(NC(=O)C1CCN(C(=O)C=Cc2cc3ccsc3c(Cl)c2Cl)CC1)c1cccc(N)c1. The van der Waals surface area contributed by atoms with E-state index in [-0.39, 0.29) is 24.2 Å². The van der Waals surface area contributed by atoms with E-state index in [0.29, 0.717) is 47.2 Å². The highest BCUT2D eigenvalue weighted by Gasteiger charge is 2.29. The third-order valence-corrected chi connectivity index (χ3v) is 8.40. The van der Waals surface area contributed by atoms with Gasteiger partial charge in [0.1, 0.15) is 0 Å². The Balaban J connectivity index is 1.36. The van der Waals surface area contributed by atoms with Crippen LogP contribution in [0.15, 0.2) is 47.9 Å². The molecule has 1 aromatic heterocycles. The van der Waals surface area contributed by atoms with Gasteiger partial charge in [0.05, 0.1) is 34.3 Å². The number of esters is 1. The van der Waals surface area contributed by atoms with Crippen molar-refractivity contribution in [1.29, 1.82) is 0 Å². The van der Waals surface area contributed by atoms with Gasteiger partial charge in [-0.15, -0.1) is 11.3 Å². The molecule has 1 unspecified atom stereocenters. The zero-order chi connectivity index (χ0) is 26.5. The van der Waals surface area contributed by atoms with Gasteiger partial charge < -0.3 is 20.7 Å². The smallest absolute Gasteiger partial charge is 0.307 e. The molecule has 2 heterocycles. The third-order valence-electron chi connectivity index (χ3n) is 6.46. The summed E-state index contributed by atoms with van der Waals surface area (Å²) in [5.74, 6) is -1.02. The number of carbonyl (C=O) groups is 3. The molecule has 10 heteroatoms. The van der Waals surface area contributed by atoms with Crippen LogP contribution in [0.5, 0.6) is 0 Å². The molecule has 2 aromatic carbocycles. The molecule has 0 bridgehead atoms. The first-order valence-electron chi connectivity index (χ1n) is 11.8. The molecule has 0 saturated carbocycles. The van der Waals surface area contributed by atoms with Gasteiger partial charge in [-0.25, -0.2) is 0 Å². The summed E-state index contributed by atoms with van der Waals surface area (Å²) in [5, 5.41) is 6.79. The Morgan fingerprint density at radius 2 is 1.95 bits per heavy atom. The molecular weight excluding hydrogens is 533 g/mol. The van der Waals surface area contributed by atoms with Crippen LogP contribution in [0.25, 0.3) is 16.2 Å². The molecule has 4 rings (SSSR count). The Kier molecular flexibility index (Phi) is 8.74. The van der Waals surface area contributed by atoms with Crippen molar-refractivity contribution in [2.24, 2.45) is 5.92 Å². The lowest BCUT2D eigenvalue weighted by Crippen LogP contribution is -2.43. The molecule has 1 atom stereocenters. The maximum Gasteiger partial charge on any atom is 0.307 e. The largest absolute Gasteiger partial charge is 0.469 e. The number of hydrogen-bond acceptors (Lipinski definition) is 6. The van der Waals surface area contributed by atoms with Crippen LogP contribution in [0.3, 0.4) is 0 Å². The summed E-state index contributed by atoms with van der Waals surface area (Å²) in [5.41, 5.74) is 7.84. The number of nitrogens with one attached hydrogen (secondary N) is 1. The number of nitrogens with two attached hydrogens (primary N) is 1. The lowest BCUT2D eigenvalue weighted by molar-refractivity contribution is -0.141. The number of fused-ring (bicyclic) bond motifs is 1. The van der Waals surface area contributed by atoms with Crippen LogP contribution in [0.2, 0.25) is 10.0 Å². The van der Waals surface area contributed by atoms with Gasteiger partial charge in [0, 0.05) is 30.8 Å². The van der Waals surface area contributed by atoms with E-state index in [1.54, 1.807) is 29.2 Å². The van der Waals surface area contributed by atoms with Crippen molar-refractivity contribution in [3.63, 3.8) is 0 Å². The summed E-state index contributed by atoms with van der Waals surface area (Å²) in [6.07, 6.45) is 4.19. The highest BCUT2D eigenvalue weighted by Crippen LogP contribution is 2.37. The van der Waals surface area contributed by atoms with E-state index in [4.69, 9.17) is 33.7 Å². The van der Waals surface area contributed by atoms with Crippen LogP contribution in [0.1, 0.15) is 36.4 Å². The first-order valence-corrected chi connectivity index (χ1v) is 13.4. The average Bonchev–Trinajstić information content (AvgIpc) is 3.38. The van der Waals surface area contributed by atoms with Crippen molar-refractivity contribution < 1.29 is 19.1 Å². The number of nitrogens with zero attached hydrogens (tertiary/aromatic N) is 1. The number of piperidine rings is 1. The number of benzene rings is 2. The molecule has 0 aliphatic carbocycles. The van der Waals surface area contributed by atoms with Crippen molar-refractivity contribution in [3.05, 3.63) is 69.0 Å². The van der Waals surface area contributed by atoms with Crippen LogP contribution < -0.4 is 11.1 Å². The van der Waals surface area contributed by atoms with Crippen LogP contribution in [0.4, 0.5) is 5.69 Å². The molecule has 194 valence electrons. The minimum atomic E-state index is -0.553. The molecule has 3 N–H and O–H groups in total. The van der Waals surface area contributed by atoms with E-state index in [9.17, 15) is 14.4 Å². The molecule has 0 radical (unpaired) electrons. The molecule has 1 aliphatic rings. The van der Waals surface area contributed by atoms with E-state index in [1.165, 1.54) is 24.5 Å². The van der Waals surface area contributed by atoms with E-state index >= 15 is 0 Å². The number of halogens is 2. The lowest BCUT2D eigenvalue weighted by Gasteiger charge is -2.31. The number of nitrogen functional groups attached to an aromatic ring is 1. The third kappa shape index (κ3) is 6.44. The fraction of sp³-hybridized carbons (Fsp3) is 0.296. The number of methoxy groups -OCH3 is 1. The topological polar surface area (TPSA) is 102 Å². The molecule has 0 spiro atoms. The number of likely N-dealkylation sites (tertiary alicyclic amines) is 1. The summed E-state index contributed by atoms with van der Waals surface area (Å²) in [6, 6.07) is 10.4. The van der Waals surface area contributed by atoms with Gasteiger partial charge in [0.25, 0.3) is 0 Å². The van der Waals surface area contributed by atoms with E-state index in [0.717, 1.165) is 15.6 Å². The fourth-order valence-corrected chi connectivity index (χ4v) is 5.83. The molecule has 1 saturated heterocycles. The monoisotopic (exact) mass is 559 g/mol. The Labute approximate surface area is 229 Å². The Hall–Kier alpha value is -3.07. The first-order chi connectivity index (χ1) is 17.8. The highest BCUT2D eigenvalue weighted by atomic mass is 35.5. The van der Waals surface area contributed by atoms with Crippen molar-refractivity contribution in [3.8, 4) is 0 Å². The normalized spacial score (nSPS) is 15.2. The molecule has 3 aromatic rings. The van der Waals surface area contributed by atoms with Crippen LogP contribution in [0, 0.1) is 5.92 Å². The number of rotatable bonds is 7. The second-order valence-electron chi connectivity index (χ2n) is 8.88. The maximum atomic E-state index is 13.0. The minimum absolute atomic E-state index is 0.00241. The average molecular weight is 561 g/mol. The Bertz CT molecular complexity index is 1350. The second kappa shape index (κ2) is 12.0. The minimum Gasteiger partial charge on any atom is -0.469 e. The Morgan fingerprint density at radius 1 is 1.19 bits per heavy atom. The Morgan fingerprint density at radius 3 is 2.65 bits per heavy atom. The lowest BCUT2D eigenvalue weighted by atomic mass is 9.94. The van der Waals surface area contributed by atoms with Crippen LogP contribution in [-0.2, 0) is 19.1 Å². The summed E-state index contributed by atoms with van der Waals surface area (Å²) in [6.45, 7) is 0.887. The molecule has 1 fully saturated rings. The van der Waals surface area contributed by atoms with Gasteiger partial charge in [-0.2, -0.15) is 0 Å². The van der Waals surface area contributed by atoms with Gasteiger partial charge in [-0.1, -0.05) is 35.3 Å². The van der Waals surface area contributed by atoms with Crippen molar-refractivity contribution >= 4 is 74.2 Å². The highest BCUT2D eigenvalue weighted by molar-refractivity contribution is 7.18. The van der Waals surface area contributed by atoms with Gasteiger partial charge in [-0.05, 0) is 65.1 Å². The van der Waals surface area contributed by atoms with Crippen LogP contribution >= 0.6 is 34.5 Å².